The Morgan fingerprint density at radius 1 is 1.21 bits per heavy atom. The molecule has 7 heteroatoms. The van der Waals surface area contributed by atoms with Crippen LogP contribution in [0.4, 0.5) is 11.6 Å². The third kappa shape index (κ3) is 2.92. The number of hydrogen-bond donors (Lipinski definition) is 2. The number of aryl methyl sites for hydroxylation is 1. The first kappa shape index (κ1) is 18.4. The molecule has 0 spiro atoms. The van der Waals surface area contributed by atoms with E-state index in [4.69, 9.17) is 15.5 Å². The van der Waals surface area contributed by atoms with Crippen LogP contribution in [0.25, 0.3) is 22.2 Å². The van der Waals surface area contributed by atoms with Gasteiger partial charge in [-0.25, -0.2) is 15.0 Å². The van der Waals surface area contributed by atoms with E-state index in [0.717, 1.165) is 40.7 Å². The number of benzene rings is 1. The summed E-state index contributed by atoms with van der Waals surface area (Å²) in [7, 11) is 3.79. The Kier molecular flexibility index (Phi) is 4.55. The molecule has 1 aliphatic carbocycles. The topological polar surface area (TPSA) is 97.4 Å². The Morgan fingerprint density at radius 2 is 1.96 bits per heavy atom. The van der Waals surface area contributed by atoms with Crippen LogP contribution in [0, 0.1) is 13.8 Å². The number of hydrogen-bond acceptors (Lipinski definition) is 7. The van der Waals surface area contributed by atoms with E-state index < -0.39 is 0 Å². The predicted octanol–water partition coefficient (Wildman–Crippen LogP) is 3.21. The highest BCUT2D eigenvalue weighted by Crippen LogP contribution is 2.38. The van der Waals surface area contributed by atoms with Crippen LogP contribution in [-0.2, 0) is 4.74 Å². The van der Waals surface area contributed by atoms with Crippen molar-refractivity contribution in [3.8, 4) is 17.0 Å². The maximum Gasteiger partial charge on any atom is 0.134 e. The summed E-state index contributed by atoms with van der Waals surface area (Å²) in [4.78, 5) is 15.7. The van der Waals surface area contributed by atoms with Crippen molar-refractivity contribution in [2.24, 2.45) is 0 Å². The second kappa shape index (κ2) is 6.91. The van der Waals surface area contributed by atoms with E-state index in [1.54, 1.807) is 13.2 Å². The first-order valence-corrected chi connectivity index (χ1v) is 9.37. The van der Waals surface area contributed by atoms with Crippen molar-refractivity contribution in [2.45, 2.75) is 38.8 Å². The lowest BCUT2D eigenvalue weighted by molar-refractivity contribution is 0.0264. The molecule has 0 bridgehead atoms. The van der Waals surface area contributed by atoms with Gasteiger partial charge in [-0.3, -0.25) is 0 Å². The zero-order valence-corrected chi connectivity index (χ0v) is 16.6. The van der Waals surface area contributed by atoms with Gasteiger partial charge in [0.2, 0.25) is 0 Å². The maximum absolute atomic E-state index is 10.3. The summed E-state index contributed by atoms with van der Waals surface area (Å²) in [5.41, 5.74) is 10.2. The molecule has 1 aliphatic rings. The SMILES string of the molecule is COC1CC(N(C)c2cc3c(N)ncnc3c(-c3c(C)ccc(O)c3C)n2)C1. The fourth-order valence-corrected chi connectivity index (χ4v) is 3.86. The largest absolute Gasteiger partial charge is 0.508 e. The zero-order valence-electron chi connectivity index (χ0n) is 16.6. The number of nitrogen functional groups attached to an aromatic ring is 1. The van der Waals surface area contributed by atoms with Gasteiger partial charge in [-0.05, 0) is 44.4 Å². The molecule has 4 rings (SSSR count). The van der Waals surface area contributed by atoms with Crippen LogP contribution < -0.4 is 10.6 Å². The second-order valence-corrected chi connectivity index (χ2v) is 7.48. The zero-order chi connectivity index (χ0) is 20.0. The summed E-state index contributed by atoms with van der Waals surface area (Å²) in [6, 6.07) is 5.90. The number of rotatable bonds is 4. The number of nitrogens with zero attached hydrogens (tertiary/aromatic N) is 4. The monoisotopic (exact) mass is 379 g/mol. The number of fused-ring (bicyclic) bond motifs is 1. The van der Waals surface area contributed by atoms with Crippen LogP contribution in [0.2, 0.25) is 0 Å². The average molecular weight is 379 g/mol. The molecule has 1 aromatic carbocycles. The van der Waals surface area contributed by atoms with Crippen molar-refractivity contribution in [3.05, 3.63) is 35.7 Å². The molecule has 146 valence electrons. The fraction of sp³-hybridized carbons (Fsp3) is 0.381. The molecular formula is C21H25N5O2. The predicted molar refractivity (Wildman–Crippen MR) is 111 cm³/mol. The number of nitrogens with two attached hydrogens (primary N) is 1. The number of methoxy groups -OCH3 is 1. The fourth-order valence-electron chi connectivity index (χ4n) is 3.86. The Bertz CT molecular complexity index is 1050. The highest BCUT2D eigenvalue weighted by atomic mass is 16.5. The average Bonchev–Trinajstić information content (AvgIpc) is 2.64. The summed E-state index contributed by atoms with van der Waals surface area (Å²) in [6.07, 6.45) is 3.69. The standard InChI is InChI=1S/C21H25N5O2/c1-11-5-6-16(27)12(2)18(11)20-19-15(21(22)24-10-23-19)9-17(25-20)26(3)13-7-14(8-13)28-4/h5-6,9-10,13-14,27H,7-8H2,1-4H3,(H2,22,23,24). The van der Waals surface area contributed by atoms with Gasteiger partial charge in [-0.2, -0.15) is 0 Å². The van der Waals surface area contributed by atoms with Gasteiger partial charge in [-0.15, -0.1) is 0 Å². The number of aromatic nitrogens is 3. The number of phenols is 1. The van der Waals surface area contributed by atoms with Gasteiger partial charge in [-0.1, -0.05) is 6.07 Å². The van der Waals surface area contributed by atoms with Gasteiger partial charge < -0.3 is 20.5 Å². The van der Waals surface area contributed by atoms with E-state index in [2.05, 4.69) is 14.9 Å². The molecule has 0 amide bonds. The molecule has 2 heterocycles. The van der Waals surface area contributed by atoms with Crippen LogP contribution in [0.1, 0.15) is 24.0 Å². The molecule has 28 heavy (non-hydrogen) atoms. The molecule has 0 aliphatic heterocycles. The lowest BCUT2D eigenvalue weighted by Gasteiger charge is -2.41. The summed E-state index contributed by atoms with van der Waals surface area (Å²) in [6.45, 7) is 3.90. The quantitative estimate of drug-likeness (QED) is 0.718. The van der Waals surface area contributed by atoms with Crippen LogP contribution in [0.5, 0.6) is 5.75 Å². The van der Waals surface area contributed by atoms with Crippen molar-refractivity contribution >= 4 is 22.5 Å². The molecule has 0 unspecified atom stereocenters. The smallest absolute Gasteiger partial charge is 0.134 e. The Hall–Kier alpha value is -2.93. The Balaban J connectivity index is 1.91. The van der Waals surface area contributed by atoms with E-state index in [1.165, 1.54) is 6.33 Å². The van der Waals surface area contributed by atoms with Gasteiger partial charge in [0.25, 0.3) is 0 Å². The molecule has 1 saturated carbocycles. The molecule has 0 radical (unpaired) electrons. The van der Waals surface area contributed by atoms with Gasteiger partial charge in [0, 0.05) is 36.7 Å². The van der Waals surface area contributed by atoms with Crippen molar-refractivity contribution < 1.29 is 9.84 Å². The van der Waals surface area contributed by atoms with E-state index in [9.17, 15) is 5.11 Å². The second-order valence-electron chi connectivity index (χ2n) is 7.48. The molecule has 3 aromatic rings. The van der Waals surface area contributed by atoms with Crippen LogP contribution >= 0.6 is 0 Å². The maximum atomic E-state index is 10.3. The van der Waals surface area contributed by atoms with Gasteiger partial charge in [0.05, 0.1) is 11.8 Å². The first-order chi connectivity index (χ1) is 13.4. The molecule has 3 N–H and O–H groups in total. The van der Waals surface area contributed by atoms with Crippen LogP contribution in [0.3, 0.4) is 0 Å². The minimum atomic E-state index is 0.235. The summed E-state index contributed by atoms with van der Waals surface area (Å²) >= 11 is 0. The summed E-state index contributed by atoms with van der Waals surface area (Å²) in [5.74, 6) is 1.46. The van der Waals surface area contributed by atoms with Gasteiger partial charge in [0.15, 0.2) is 0 Å². The molecule has 7 nitrogen and oxygen atoms in total. The van der Waals surface area contributed by atoms with E-state index in [0.29, 0.717) is 29.2 Å². The normalized spacial score (nSPS) is 18.9. The highest BCUT2D eigenvalue weighted by molar-refractivity contribution is 5.99. The number of aromatic hydroxyl groups is 1. The summed E-state index contributed by atoms with van der Waals surface area (Å²) in [5, 5.41) is 11.0. The Morgan fingerprint density at radius 3 is 2.68 bits per heavy atom. The lowest BCUT2D eigenvalue weighted by Crippen LogP contribution is -2.46. The molecule has 1 fully saturated rings. The minimum Gasteiger partial charge on any atom is -0.508 e. The molecule has 0 saturated heterocycles. The van der Waals surface area contributed by atoms with E-state index in [1.807, 2.05) is 33.0 Å². The van der Waals surface area contributed by atoms with Crippen molar-refractivity contribution in [1.29, 1.82) is 0 Å². The third-order valence-corrected chi connectivity index (χ3v) is 5.83. The highest BCUT2D eigenvalue weighted by Gasteiger charge is 2.33. The molecule has 2 aromatic heterocycles. The van der Waals surface area contributed by atoms with Gasteiger partial charge >= 0.3 is 0 Å². The molecular weight excluding hydrogens is 354 g/mol. The van der Waals surface area contributed by atoms with Crippen molar-refractivity contribution in [2.75, 3.05) is 24.8 Å². The van der Waals surface area contributed by atoms with Crippen LogP contribution in [0.15, 0.2) is 24.5 Å². The number of anilines is 2. The Labute approximate surface area is 164 Å². The summed E-state index contributed by atoms with van der Waals surface area (Å²) < 4.78 is 5.41. The third-order valence-electron chi connectivity index (χ3n) is 5.83. The number of pyridine rings is 1. The van der Waals surface area contributed by atoms with Crippen molar-refractivity contribution in [3.63, 3.8) is 0 Å². The van der Waals surface area contributed by atoms with Gasteiger partial charge in [0.1, 0.15) is 29.2 Å². The van der Waals surface area contributed by atoms with Crippen LogP contribution in [-0.4, -0.2) is 46.4 Å². The minimum absolute atomic E-state index is 0.235. The number of ether oxygens (including phenoxy) is 1. The number of phenolic OH excluding ortho intramolecular Hbond substituents is 1. The lowest BCUT2D eigenvalue weighted by atomic mass is 9.88. The van der Waals surface area contributed by atoms with E-state index in [-0.39, 0.29) is 5.75 Å². The van der Waals surface area contributed by atoms with Crippen molar-refractivity contribution in [1.82, 2.24) is 15.0 Å². The first-order valence-electron chi connectivity index (χ1n) is 9.37. The van der Waals surface area contributed by atoms with E-state index >= 15 is 0 Å². The molecule has 0 atom stereocenters.